The van der Waals surface area contributed by atoms with Crippen LogP contribution in [0.3, 0.4) is 0 Å². The highest BCUT2D eigenvalue weighted by molar-refractivity contribution is 7.10. The van der Waals surface area contributed by atoms with Gasteiger partial charge in [-0.2, -0.15) is 0 Å². The Morgan fingerprint density at radius 2 is 2.21 bits per heavy atom. The van der Waals surface area contributed by atoms with Gasteiger partial charge in [-0.05, 0) is 38.2 Å². The molecule has 1 aromatic rings. The van der Waals surface area contributed by atoms with Crippen molar-refractivity contribution in [3.8, 4) is 0 Å². The maximum atomic E-state index is 12.2. The molecule has 2 unspecified atom stereocenters. The Morgan fingerprint density at radius 1 is 1.42 bits per heavy atom. The molecule has 4 nitrogen and oxygen atoms in total. The molecule has 2 heterocycles. The summed E-state index contributed by atoms with van der Waals surface area (Å²) in [5.74, 6) is -0.805. The molecule has 0 spiro atoms. The third kappa shape index (κ3) is 2.39. The van der Waals surface area contributed by atoms with Crippen molar-refractivity contribution in [1.82, 2.24) is 0 Å². The number of carbonyl (C=O) groups excluding carboxylic acids is 2. The standard InChI is InChI=1S/C14H16O4S/c1-8-6-11(14(16)17-8)18-13(15)10-7-19-12-5-3-2-4-9(10)12/h7-8,11H,2-6H2,1H3. The molecule has 0 aromatic carbocycles. The molecule has 0 radical (unpaired) electrons. The summed E-state index contributed by atoms with van der Waals surface area (Å²) in [6.45, 7) is 1.80. The average Bonchev–Trinajstić information content (AvgIpc) is 2.93. The van der Waals surface area contributed by atoms with E-state index in [4.69, 9.17) is 9.47 Å². The molecule has 1 aromatic heterocycles. The van der Waals surface area contributed by atoms with Crippen molar-refractivity contribution < 1.29 is 19.1 Å². The van der Waals surface area contributed by atoms with E-state index in [1.165, 1.54) is 11.3 Å². The third-order valence-electron chi connectivity index (χ3n) is 3.66. The SMILES string of the molecule is CC1CC(OC(=O)c2csc3c2CCCC3)C(=O)O1. The van der Waals surface area contributed by atoms with Crippen LogP contribution in [0.25, 0.3) is 0 Å². The van der Waals surface area contributed by atoms with Crippen molar-refractivity contribution in [1.29, 1.82) is 0 Å². The van der Waals surface area contributed by atoms with Crippen molar-refractivity contribution in [2.24, 2.45) is 0 Å². The predicted octanol–water partition coefficient (Wildman–Crippen LogP) is 2.49. The molecule has 19 heavy (non-hydrogen) atoms. The predicted molar refractivity (Wildman–Crippen MR) is 70.3 cm³/mol. The van der Waals surface area contributed by atoms with Crippen LogP contribution in [0, 0.1) is 0 Å². The summed E-state index contributed by atoms with van der Waals surface area (Å²) >= 11 is 1.62. The summed E-state index contributed by atoms with van der Waals surface area (Å²) in [5, 5.41) is 1.86. The fourth-order valence-electron chi connectivity index (χ4n) is 2.67. The third-order valence-corrected chi connectivity index (χ3v) is 4.75. The summed E-state index contributed by atoms with van der Waals surface area (Å²) in [6, 6.07) is 0. The maximum Gasteiger partial charge on any atom is 0.347 e. The Balaban J connectivity index is 1.74. The van der Waals surface area contributed by atoms with Crippen molar-refractivity contribution in [3.05, 3.63) is 21.4 Å². The van der Waals surface area contributed by atoms with Gasteiger partial charge >= 0.3 is 11.9 Å². The van der Waals surface area contributed by atoms with Crippen molar-refractivity contribution >= 4 is 23.3 Å². The largest absolute Gasteiger partial charge is 0.460 e. The number of hydrogen-bond donors (Lipinski definition) is 0. The molecule has 0 amide bonds. The zero-order valence-corrected chi connectivity index (χ0v) is 11.6. The Bertz CT molecular complexity index is 520. The molecule has 0 bridgehead atoms. The number of hydrogen-bond acceptors (Lipinski definition) is 5. The molecule has 0 saturated carbocycles. The highest BCUT2D eigenvalue weighted by atomic mass is 32.1. The van der Waals surface area contributed by atoms with E-state index in [-0.39, 0.29) is 12.1 Å². The second-order valence-electron chi connectivity index (χ2n) is 5.14. The van der Waals surface area contributed by atoms with Gasteiger partial charge in [0, 0.05) is 16.7 Å². The number of ether oxygens (including phenoxy) is 2. The Hall–Kier alpha value is -1.36. The van der Waals surface area contributed by atoms with E-state index in [2.05, 4.69) is 0 Å². The lowest BCUT2D eigenvalue weighted by atomic mass is 9.96. The van der Waals surface area contributed by atoms with Crippen molar-refractivity contribution in [2.75, 3.05) is 0 Å². The lowest BCUT2D eigenvalue weighted by Crippen LogP contribution is -2.23. The molecule has 5 heteroatoms. The van der Waals surface area contributed by atoms with Crippen molar-refractivity contribution in [2.45, 2.75) is 51.2 Å². The van der Waals surface area contributed by atoms with E-state index in [0.29, 0.717) is 12.0 Å². The van der Waals surface area contributed by atoms with Gasteiger partial charge in [0.2, 0.25) is 6.10 Å². The number of esters is 2. The van der Waals surface area contributed by atoms with Gasteiger partial charge in [-0.1, -0.05) is 0 Å². The summed E-state index contributed by atoms with van der Waals surface area (Å²) in [4.78, 5) is 24.9. The topological polar surface area (TPSA) is 52.6 Å². The molecule has 102 valence electrons. The Labute approximate surface area is 115 Å². The van der Waals surface area contributed by atoms with Crippen LogP contribution in [0.2, 0.25) is 0 Å². The van der Waals surface area contributed by atoms with Crippen LogP contribution in [-0.2, 0) is 27.1 Å². The van der Waals surface area contributed by atoms with Gasteiger partial charge in [-0.25, -0.2) is 9.59 Å². The lowest BCUT2D eigenvalue weighted by molar-refractivity contribution is -0.147. The molecule has 2 aliphatic rings. The van der Waals surface area contributed by atoms with Gasteiger partial charge < -0.3 is 9.47 Å². The summed E-state index contributed by atoms with van der Waals surface area (Å²) in [5.41, 5.74) is 1.77. The number of rotatable bonds is 2. The molecule has 1 saturated heterocycles. The fourth-order valence-corrected chi connectivity index (χ4v) is 3.79. The fraction of sp³-hybridized carbons (Fsp3) is 0.571. The number of aryl methyl sites for hydroxylation is 1. The van der Waals surface area contributed by atoms with Gasteiger partial charge in [-0.3, -0.25) is 0 Å². The first-order valence-electron chi connectivity index (χ1n) is 6.66. The van der Waals surface area contributed by atoms with Crippen LogP contribution >= 0.6 is 11.3 Å². The van der Waals surface area contributed by atoms with Gasteiger partial charge in [-0.15, -0.1) is 11.3 Å². The lowest BCUT2D eigenvalue weighted by Gasteiger charge is -2.13. The molecule has 1 fully saturated rings. The van der Waals surface area contributed by atoms with Crippen LogP contribution in [0.4, 0.5) is 0 Å². The molecule has 0 N–H and O–H groups in total. The van der Waals surface area contributed by atoms with Gasteiger partial charge in [0.15, 0.2) is 0 Å². The first kappa shape index (κ1) is 12.7. The molecule has 1 aliphatic carbocycles. The first-order chi connectivity index (χ1) is 9.15. The average molecular weight is 280 g/mol. The smallest absolute Gasteiger partial charge is 0.347 e. The summed E-state index contributed by atoms with van der Waals surface area (Å²) in [6.07, 6.45) is 3.85. The highest BCUT2D eigenvalue weighted by Gasteiger charge is 2.36. The first-order valence-corrected chi connectivity index (χ1v) is 7.54. The molecule has 3 rings (SSSR count). The maximum absolute atomic E-state index is 12.2. The van der Waals surface area contributed by atoms with Crippen LogP contribution < -0.4 is 0 Å². The molecule has 1 aliphatic heterocycles. The van der Waals surface area contributed by atoms with Crippen LogP contribution in [0.1, 0.15) is 47.0 Å². The highest BCUT2D eigenvalue weighted by Crippen LogP contribution is 2.31. The summed E-state index contributed by atoms with van der Waals surface area (Å²) in [7, 11) is 0. The number of carbonyl (C=O) groups is 2. The second-order valence-corrected chi connectivity index (χ2v) is 6.10. The van der Waals surface area contributed by atoms with Crippen molar-refractivity contribution in [3.63, 3.8) is 0 Å². The van der Waals surface area contributed by atoms with E-state index in [9.17, 15) is 9.59 Å². The Kier molecular flexibility index (Phi) is 3.31. The van der Waals surface area contributed by atoms with E-state index < -0.39 is 12.1 Å². The number of fused-ring (bicyclic) bond motifs is 1. The normalized spacial score (nSPS) is 25.8. The van der Waals surface area contributed by atoms with Gasteiger partial charge in [0.1, 0.15) is 6.10 Å². The van der Waals surface area contributed by atoms with E-state index in [1.807, 2.05) is 5.38 Å². The quantitative estimate of drug-likeness (QED) is 0.781. The van der Waals surface area contributed by atoms with Crippen LogP contribution in [-0.4, -0.2) is 24.1 Å². The minimum atomic E-state index is -0.735. The zero-order chi connectivity index (χ0) is 13.4. The van der Waals surface area contributed by atoms with E-state index >= 15 is 0 Å². The molecular weight excluding hydrogens is 264 g/mol. The van der Waals surface area contributed by atoms with Gasteiger partial charge in [0.25, 0.3) is 0 Å². The Morgan fingerprint density at radius 3 is 2.95 bits per heavy atom. The minimum absolute atomic E-state index is 0.165. The van der Waals surface area contributed by atoms with Crippen LogP contribution in [0.15, 0.2) is 5.38 Å². The zero-order valence-electron chi connectivity index (χ0n) is 10.8. The monoisotopic (exact) mass is 280 g/mol. The van der Waals surface area contributed by atoms with Gasteiger partial charge in [0.05, 0.1) is 5.56 Å². The number of thiophene rings is 1. The number of cyclic esters (lactones) is 1. The minimum Gasteiger partial charge on any atom is -0.460 e. The van der Waals surface area contributed by atoms with Crippen LogP contribution in [0.5, 0.6) is 0 Å². The molecular formula is C14H16O4S. The van der Waals surface area contributed by atoms with E-state index in [1.54, 1.807) is 18.3 Å². The van der Waals surface area contributed by atoms with E-state index in [0.717, 1.165) is 24.8 Å². The molecule has 2 atom stereocenters. The summed E-state index contributed by atoms with van der Waals surface area (Å²) < 4.78 is 10.3. The second kappa shape index (κ2) is 4.96.